The lowest BCUT2D eigenvalue weighted by Gasteiger charge is -2.18. The molecule has 2 aromatic carbocycles. The number of amides is 2. The fourth-order valence-corrected chi connectivity index (χ4v) is 3.68. The first-order chi connectivity index (χ1) is 14.4. The van der Waals surface area contributed by atoms with Gasteiger partial charge in [0.1, 0.15) is 6.61 Å². The molecule has 30 heavy (non-hydrogen) atoms. The van der Waals surface area contributed by atoms with Gasteiger partial charge in [-0.3, -0.25) is 9.59 Å². The molecule has 7 heteroatoms. The average molecular weight is 410 g/mol. The van der Waals surface area contributed by atoms with E-state index in [1.807, 2.05) is 36.4 Å². The fraction of sp³-hybridized carbons (Fsp3) is 0.348. The third kappa shape index (κ3) is 4.97. The molecule has 0 bridgehead atoms. The van der Waals surface area contributed by atoms with E-state index in [1.165, 1.54) is 0 Å². The van der Waals surface area contributed by atoms with Crippen molar-refractivity contribution < 1.29 is 24.2 Å². The van der Waals surface area contributed by atoms with Gasteiger partial charge >= 0.3 is 12.1 Å². The summed E-state index contributed by atoms with van der Waals surface area (Å²) in [5.41, 5.74) is 4.57. The summed E-state index contributed by atoms with van der Waals surface area (Å²) in [5.74, 6) is -1.84. The lowest BCUT2D eigenvalue weighted by atomic mass is 9.98. The highest BCUT2D eigenvalue weighted by Gasteiger charge is 2.29. The number of hydrogen-bond acceptors (Lipinski definition) is 4. The van der Waals surface area contributed by atoms with Crippen molar-refractivity contribution in [3.05, 3.63) is 59.7 Å². The van der Waals surface area contributed by atoms with Crippen molar-refractivity contribution in [2.45, 2.75) is 32.2 Å². The Labute approximate surface area is 175 Å². The van der Waals surface area contributed by atoms with Gasteiger partial charge in [-0.1, -0.05) is 55.5 Å². The number of benzene rings is 2. The molecule has 1 aliphatic carbocycles. The lowest BCUT2D eigenvalue weighted by molar-refractivity contribution is -0.137. The Hall–Kier alpha value is -3.35. The van der Waals surface area contributed by atoms with Crippen LogP contribution in [0.3, 0.4) is 0 Å². The number of aliphatic carboxylic acids is 1. The Kier molecular flexibility index (Phi) is 6.72. The number of fused-ring (bicyclic) bond motifs is 3. The Balaban J connectivity index is 1.51. The minimum atomic E-state index is -0.979. The van der Waals surface area contributed by atoms with Crippen LogP contribution in [0.2, 0.25) is 0 Å². The van der Waals surface area contributed by atoms with Crippen LogP contribution >= 0.6 is 0 Å². The zero-order valence-corrected chi connectivity index (χ0v) is 17.1. The van der Waals surface area contributed by atoms with Crippen LogP contribution < -0.4 is 10.6 Å². The maximum Gasteiger partial charge on any atom is 0.407 e. The summed E-state index contributed by atoms with van der Waals surface area (Å²) in [4.78, 5) is 35.0. The first-order valence-corrected chi connectivity index (χ1v) is 9.97. The van der Waals surface area contributed by atoms with Crippen LogP contribution in [0.15, 0.2) is 48.5 Å². The zero-order chi connectivity index (χ0) is 21.7. The van der Waals surface area contributed by atoms with Gasteiger partial charge in [0.25, 0.3) is 0 Å². The van der Waals surface area contributed by atoms with E-state index in [-0.39, 0.29) is 31.4 Å². The molecule has 158 valence electrons. The molecule has 0 radical (unpaired) electrons. The molecule has 0 heterocycles. The van der Waals surface area contributed by atoms with E-state index in [4.69, 9.17) is 9.84 Å². The molecule has 2 amide bonds. The van der Waals surface area contributed by atoms with Crippen molar-refractivity contribution in [1.29, 1.82) is 0 Å². The van der Waals surface area contributed by atoms with Crippen molar-refractivity contribution in [2.75, 3.05) is 13.2 Å². The highest BCUT2D eigenvalue weighted by Crippen LogP contribution is 2.44. The van der Waals surface area contributed by atoms with Gasteiger partial charge in [-0.25, -0.2) is 4.79 Å². The molecule has 0 aliphatic heterocycles. The van der Waals surface area contributed by atoms with Crippen LogP contribution in [0.25, 0.3) is 11.1 Å². The Morgan fingerprint density at radius 2 is 1.57 bits per heavy atom. The second-order valence-electron chi connectivity index (χ2n) is 7.61. The zero-order valence-electron chi connectivity index (χ0n) is 17.1. The van der Waals surface area contributed by atoms with Crippen molar-refractivity contribution in [3.8, 4) is 11.1 Å². The van der Waals surface area contributed by atoms with Gasteiger partial charge in [0.05, 0.1) is 12.3 Å². The van der Waals surface area contributed by atoms with E-state index < -0.39 is 24.0 Å². The number of hydrogen-bond donors (Lipinski definition) is 3. The normalized spacial score (nSPS) is 14.2. The van der Waals surface area contributed by atoms with Crippen LogP contribution in [-0.2, 0) is 14.3 Å². The summed E-state index contributed by atoms with van der Waals surface area (Å²) < 4.78 is 5.44. The lowest BCUT2D eigenvalue weighted by Crippen LogP contribution is -2.42. The van der Waals surface area contributed by atoms with Gasteiger partial charge in [0, 0.05) is 18.5 Å². The molecule has 2 aromatic rings. The number of ether oxygens (including phenoxy) is 1. The van der Waals surface area contributed by atoms with Gasteiger partial charge in [-0.2, -0.15) is 0 Å². The van der Waals surface area contributed by atoms with Crippen LogP contribution in [0, 0.1) is 5.92 Å². The predicted octanol–water partition coefficient (Wildman–Crippen LogP) is 3.14. The van der Waals surface area contributed by atoms with Crippen molar-refractivity contribution in [2.24, 2.45) is 5.92 Å². The summed E-state index contributed by atoms with van der Waals surface area (Å²) in [5, 5.41) is 14.0. The first-order valence-electron chi connectivity index (χ1n) is 9.97. The van der Waals surface area contributed by atoms with E-state index in [0.29, 0.717) is 0 Å². The molecule has 3 N–H and O–H groups in total. The van der Waals surface area contributed by atoms with E-state index >= 15 is 0 Å². The number of carbonyl (C=O) groups excluding carboxylic acids is 2. The molecule has 0 saturated heterocycles. The number of carboxylic acid groups (broad SMARTS) is 1. The van der Waals surface area contributed by atoms with Gasteiger partial charge in [-0.15, -0.1) is 0 Å². The summed E-state index contributed by atoms with van der Waals surface area (Å²) in [7, 11) is 0. The van der Waals surface area contributed by atoms with Gasteiger partial charge in [0.2, 0.25) is 5.91 Å². The Morgan fingerprint density at radius 3 is 2.13 bits per heavy atom. The number of carbonyl (C=O) groups is 3. The molecule has 0 aromatic heterocycles. The van der Waals surface area contributed by atoms with E-state index in [2.05, 4.69) is 22.8 Å². The third-order valence-electron chi connectivity index (χ3n) is 5.21. The van der Waals surface area contributed by atoms with Crippen LogP contribution in [0.5, 0.6) is 0 Å². The van der Waals surface area contributed by atoms with Gasteiger partial charge in [0.15, 0.2) is 0 Å². The SMILES string of the molecule is CC(CNC(=O)OCC1c2ccccc2-c2ccccc21)C(=O)N[C@H](C)CC(=O)O. The van der Waals surface area contributed by atoms with Crippen molar-refractivity contribution in [1.82, 2.24) is 10.6 Å². The van der Waals surface area contributed by atoms with Crippen molar-refractivity contribution >= 4 is 18.0 Å². The summed E-state index contributed by atoms with van der Waals surface area (Å²) >= 11 is 0. The highest BCUT2D eigenvalue weighted by atomic mass is 16.5. The molecule has 0 fully saturated rings. The molecule has 3 rings (SSSR count). The molecular weight excluding hydrogens is 384 g/mol. The topological polar surface area (TPSA) is 105 Å². The summed E-state index contributed by atoms with van der Waals surface area (Å²) in [6.07, 6.45) is -0.742. The number of carboxylic acids is 1. The molecule has 0 saturated carbocycles. The van der Waals surface area contributed by atoms with Gasteiger partial charge < -0.3 is 20.5 Å². The van der Waals surface area contributed by atoms with Crippen LogP contribution in [0.1, 0.15) is 37.3 Å². The highest BCUT2D eigenvalue weighted by molar-refractivity contribution is 5.81. The molecule has 0 spiro atoms. The maximum absolute atomic E-state index is 12.2. The monoisotopic (exact) mass is 410 g/mol. The molecule has 1 aliphatic rings. The number of rotatable bonds is 8. The van der Waals surface area contributed by atoms with Gasteiger partial charge in [-0.05, 0) is 29.2 Å². The fourth-order valence-electron chi connectivity index (χ4n) is 3.68. The smallest absolute Gasteiger partial charge is 0.407 e. The quantitative estimate of drug-likeness (QED) is 0.620. The van der Waals surface area contributed by atoms with Crippen LogP contribution in [0.4, 0.5) is 4.79 Å². The minimum absolute atomic E-state index is 0.0271. The predicted molar refractivity (Wildman–Crippen MR) is 112 cm³/mol. The molecular formula is C23H26N2O5. The third-order valence-corrected chi connectivity index (χ3v) is 5.21. The summed E-state index contributed by atoms with van der Waals surface area (Å²) in [6, 6.07) is 15.7. The largest absolute Gasteiger partial charge is 0.481 e. The van der Waals surface area contributed by atoms with E-state index in [9.17, 15) is 14.4 Å². The second kappa shape index (κ2) is 9.43. The molecule has 1 unspecified atom stereocenters. The second-order valence-corrected chi connectivity index (χ2v) is 7.61. The number of nitrogens with one attached hydrogen (secondary N) is 2. The first kappa shape index (κ1) is 21.4. The van der Waals surface area contributed by atoms with Crippen molar-refractivity contribution in [3.63, 3.8) is 0 Å². The Bertz CT molecular complexity index is 897. The Morgan fingerprint density at radius 1 is 1.00 bits per heavy atom. The maximum atomic E-state index is 12.2. The van der Waals surface area contributed by atoms with E-state index in [0.717, 1.165) is 22.3 Å². The minimum Gasteiger partial charge on any atom is -0.481 e. The number of alkyl carbamates (subject to hydrolysis) is 1. The summed E-state index contributed by atoms with van der Waals surface area (Å²) in [6.45, 7) is 3.59. The average Bonchev–Trinajstić information content (AvgIpc) is 3.03. The molecule has 2 atom stereocenters. The molecule has 7 nitrogen and oxygen atoms in total. The van der Waals surface area contributed by atoms with Crippen LogP contribution in [-0.4, -0.2) is 42.3 Å². The standard InChI is InChI=1S/C23H26N2O5/c1-14(22(28)25-15(2)11-21(26)27)12-24-23(29)30-13-20-18-9-5-3-7-16(18)17-8-4-6-10-19(17)20/h3-10,14-15,20H,11-13H2,1-2H3,(H,24,29)(H,25,28)(H,26,27)/t14?,15-/m1/s1. The van der Waals surface area contributed by atoms with E-state index in [1.54, 1.807) is 13.8 Å².